The van der Waals surface area contributed by atoms with Gasteiger partial charge in [-0.2, -0.15) is 0 Å². The van der Waals surface area contributed by atoms with Crippen LogP contribution in [0.4, 0.5) is 0 Å². The van der Waals surface area contributed by atoms with E-state index in [1.165, 1.54) is 0 Å². The maximum absolute atomic E-state index is 12.4. The SMILES string of the molecule is CCC1=C(C)C(Cc2[nH]c(Cc3[nH]c(CC4=C(CC)[C@@H](C)C(=O)N4)c(C)c3CCC(=O)O)c(CCC(=O)O)c2C)=NC1=O. The molecule has 2 aliphatic heterocycles. The van der Waals surface area contributed by atoms with E-state index in [1.807, 2.05) is 41.5 Å². The fourth-order valence-corrected chi connectivity index (χ4v) is 6.47. The first-order valence-electron chi connectivity index (χ1n) is 15.0. The predicted octanol–water partition coefficient (Wildman–Crippen LogP) is 4.81. The summed E-state index contributed by atoms with van der Waals surface area (Å²) in [6.07, 6.45) is 3.35. The highest BCUT2D eigenvalue weighted by molar-refractivity contribution is 6.19. The molecule has 1 atom stereocenters. The molecule has 0 fully saturated rings. The van der Waals surface area contributed by atoms with E-state index < -0.39 is 11.9 Å². The lowest BCUT2D eigenvalue weighted by molar-refractivity contribution is -0.138. The number of rotatable bonds is 14. The molecule has 0 radical (unpaired) electrons. The number of carboxylic acid groups (broad SMARTS) is 2. The number of aromatic nitrogens is 2. The van der Waals surface area contributed by atoms with E-state index in [4.69, 9.17) is 0 Å². The van der Waals surface area contributed by atoms with Gasteiger partial charge in [0.05, 0.1) is 11.6 Å². The molecule has 2 amide bonds. The van der Waals surface area contributed by atoms with Gasteiger partial charge in [0, 0.05) is 66.1 Å². The zero-order valence-corrected chi connectivity index (χ0v) is 25.9. The van der Waals surface area contributed by atoms with Crippen molar-refractivity contribution in [2.45, 2.75) is 99.3 Å². The Bertz CT molecular complexity index is 1580. The van der Waals surface area contributed by atoms with Gasteiger partial charge in [0.2, 0.25) is 5.91 Å². The van der Waals surface area contributed by atoms with Gasteiger partial charge in [0.25, 0.3) is 5.91 Å². The number of carbonyl (C=O) groups excluding carboxylic acids is 2. The maximum Gasteiger partial charge on any atom is 0.303 e. The average molecular weight is 591 g/mol. The van der Waals surface area contributed by atoms with Crippen molar-refractivity contribution in [3.63, 3.8) is 0 Å². The van der Waals surface area contributed by atoms with E-state index in [0.717, 1.165) is 79.6 Å². The Balaban J connectivity index is 1.73. The molecule has 0 unspecified atom stereocenters. The lowest BCUT2D eigenvalue weighted by Crippen LogP contribution is -2.20. The van der Waals surface area contributed by atoms with Gasteiger partial charge in [0.1, 0.15) is 0 Å². The molecular weight excluding hydrogens is 548 g/mol. The maximum atomic E-state index is 12.4. The molecule has 10 nitrogen and oxygen atoms in total. The summed E-state index contributed by atoms with van der Waals surface area (Å²) in [4.78, 5) is 59.2. The van der Waals surface area contributed by atoms with Crippen molar-refractivity contribution < 1.29 is 29.4 Å². The molecule has 43 heavy (non-hydrogen) atoms. The molecule has 0 spiro atoms. The average Bonchev–Trinajstić information content (AvgIpc) is 3.59. The van der Waals surface area contributed by atoms with Crippen molar-refractivity contribution in [3.05, 3.63) is 67.4 Å². The molecule has 0 aromatic carbocycles. The first-order chi connectivity index (χ1) is 20.4. The first kappa shape index (κ1) is 31.7. The summed E-state index contributed by atoms with van der Waals surface area (Å²) in [5.74, 6) is -2.16. The summed E-state index contributed by atoms with van der Waals surface area (Å²) in [6, 6.07) is 0. The molecule has 2 aliphatic rings. The minimum absolute atomic E-state index is 0.00967. The van der Waals surface area contributed by atoms with Crippen molar-refractivity contribution >= 4 is 29.5 Å². The Morgan fingerprint density at radius 3 is 1.79 bits per heavy atom. The van der Waals surface area contributed by atoms with Crippen LogP contribution in [0.2, 0.25) is 0 Å². The smallest absolute Gasteiger partial charge is 0.303 e. The Morgan fingerprint density at radius 1 is 0.791 bits per heavy atom. The zero-order chi connectivity index (χ0) is 31.6. The number of carboxylic acids is 2. The van der Waals surface area contributed by atoms with Gasteiger partial charge < -0.3 is 25.5 Å². The third kappa shape index (κ3) is 6.58. The Hall–Kier alpha value is -4.21. The molecule has 0 aliphatic carbocycles. The fourth-order valence-electron chi connectivity index (χ4n) is 6.47. The lowest BCUT2D eigenvalue weighted by atomic mass is 9.96. The zero-order valence-electron chi connectivity index (χ0n) is 25.9. The van der Waals surface area contributed by atoms with Crippen LogP contribution in [-0.2, 0) is 51.3 Å². The van der Waals surface area contributed by atoms with Gasteiger partial charge in [-0.3, -0.25) is 19.2 Å². The van der Waals surface area contributed by atoms with E-state index in [2.05, 4.69) is 20.3 Å². The minimum atomic E-state index is -0.891. The second kappa shape index (κ2) is 13.0. The van der Waals surface area contributed by atoms with E-state index >= 15 is 0 Å². The van der Waals surface area contributed by atoms with Crippen molar-refractivity contribution in [1.29, 1.82) is 0 Å². The van der Waals surface area contributed by atoms with Crippen LogP contribution in [0.5, 0.6) is 0 Å². The summed E-state index contributed by atoms with van der Waals surface area (Å²) in [5, 5.41) is 21.9. The summed E-state index contributed by atoms with van der Waals surface area (Å²) >= 11 is 0. The quantitative estimate of drug-likeness (QED) is 0.212. The number of nitrogens with zero attached hydrogens (tertiary/aromatic N) is 1. The highest BCUT2D eigenvalue weighted by Crippen LogP contribution is 2.32. The van der Waals surface area contributed by atoms with Crippen LogP contribution in [0.3, 0.4) is 0 Å². The molecule has 4 rings (SSSR count). The molecular formula is C33H42N4O6. The fraction of sp³-hybridized carbons (Fsp3) is 0.485. The number of H-pyrrole nitrogens is 2. The molecule has 0 saturated carbocycles. The van der Waals surface area contributed by atoms with Crippen LogP contribution < -0.4 is 5.32 Å². The van der Waals surface area contributed by atoms with E-state index in [0.29, 0.717) is 38.5 Å². The van der Waals surface area contributed by atoms with E-state index in [1.54, 1.807) is 0 Å². The number of nitrogens with one attached hydrogen (secondary N) is 3. The molecule has 0 bridgehead atoms. The molecule has 230 valence electrons. The Kier molecular flexibility index (Phi) is 9.57. The third-order valence-corrected chi connectivity index (χ3v) is 9.06. The third-order valence-electron chi connectivity index (χ3n) is 9.06. The van der Waals surface area contributed by atoms with Crippen molar-refractivity contribution in [2.24, 2.45) is 10.9 Å². The number of hydrogen-bond donors (Lipinski definition) is 5. The van der Waals surface area contributed by atoms with Crippen LogP contribution in [0, 0.1) is 19.8 Å². The van der Waals surface area contributed by atoms with Crippen molar-refractivity contribution in [2.75, 3.05) is 0 Å². The van der Waals surface area contributed by atoms with Crippen LogP contribution in [0.25, 0.3) is 0 Å². The number of allylic oxidation sites excluding steroid dienone is 2. The number of hydrogen-bond acceptors (Lipinski definition) is 4. The number of aliphatic carboxylic acids is 2. The van der Waals surface area contributed by atoms with Gasteiger partial charge in [-0.05, 0) is 86.8 Å². The summed E-state index contributed by atoms with van der Waals surface area (Å²) in [5.41, 5.74) is 11.6. The van der Waals surface area contributed by atoms with Crippen LogP contribution in [0.1, 0.15) is 98.4 Å². The normalized spacial score (nSPS) is 16.9. The molecule has 5 N–H and O–H groups in total. The summed E-state index contributed by atoms with van der Waals surface area (Å²) < 4.78 is 0. The lowest BCUT2D eigenvalue weighted by Gasteiger charge is -2.07. The van der Waals surface area contributed by atoms with Crippen molar-refractivity contribution in [1.82, 2.24) is 15.3 Å². The van der Waals surface area contributed by atoms with E-state index in [9.17, 15) is 29.4 Å². The van der Waals surface area contributed by atoms with Gasteiger partial charge in [-0.1, -0.05) is 13.8 Å². The van der Waals surface area contributed by atoms with Crippen LogP contribution in [-0.4, -0.2) is 49.6 Å². The Morgan fingerprint density at radius 2 is 1.33 bits per heavy atom. The second-order valence-corrected chi connectivity index (χ2v) is 11.6. The molecule has 2 aromatic rings. The number of aliphatic imine (C=N–C) groups is 1. The molecule has 10 heteroatoms. The highest BCUT2D eigenvalue weighted by atomic mass is 16.4. The number of carbonyl (C=O) groups is 4. The highest BCUT2D eigenvalue weighted by Gasteiger charge is 2.30. The van der Waals surface area contributed by atoms with Gasteiger partial charge >= 0.3 is 11.9 Å². The number of aromatic amines is 2. The standard InChI is InChI=1S/C33H42N4O6/c1-7-20-19(6)32(42)37-27(20)14-25-18(5)23(10-12-31(40)41)29(35-25)15-28-22(9-11-30(38)39)17(4)24(34-28)13-26-16(3)21(8-2)33(43)36-26/h19,34-35H,7-15H2,1-6H3,(H,37,42)(H,38,39)(H,40,41)/t19-/m1/s1. The largest absolute Gasteiger partial charge is 0.481 e. The number of amides is 2. The monoisotopic (exact) mass is 590 g/mol. The second-order valence-electron chi connectivity index (χ2n) is 11.6. The van der Waals surface area contributed by atoms with Gasteiger partial charge in [-0.15, -0.1) is 0 Å². The van der Waals surface area contributed by atoms with Gasteiger partial charge in [-0.25, -0.2) is 4.99 Å². The summed E-state index contributed by atoms with van der Waals surface area (Å²) in [7, 11) is 0. The molecule has 2 aromatic heterocycles. The van der Waals surface area contributed by atoms with Crippen molar-refractivity contribution in [3.8, 4) is 0 Å². The minimum Gasteiger partial charge on any atom is -0.481 e. The van der Waals surface area contributed by atoms with Crippen LogP contribution >= 0.6 is 0 Å². The van der Waals surface area contributed by atoms with Crippen LogP contribution in [0.15, 0.2) is 27.4 Å². The first-order valence-corrected chi connectivity index (χ1v) is 15.0. The molecule has 4 heterocycles. The predicted molar refractivity (Wildman–Crippen MR) is 163 cm³/mol. The molecule has 0 saturated heterocycles. The van der Waals surface area contributed by atoms with E-state index in [-0.39, 0.29) is 30.6 Å². The summed E-state index contributed by atoms with van der Waals surface area (Å²) in [6.45, 7) is 11.7. The van der Waals surface area contributed by atoms with Gasteiger partial charge in [0.15, 0.2) is 0 Å². The Labute approximate surface area is 251 Å². The topological polar surface area (TPSA) is 165 Å².